The van der Waals surface area contributed by atoms with Crippen molar-refractivity contribution in [1.29, 1.82) is 0 Å². The predicted molar refractivity (Wildman–Crippen MR) is 140 cm³/mol. The van der Waals surface area contributed by atoms with Crippen molar-refractivity contribution in [2.24, 2.45) is 0 Å². The van der Waals surface area contributed by atoms with Crippen LogP contribution in [0.3, 0.4) is 0 Å². The summed E-state index contributed by atoms with van der Waals surface area (Å²) in [6.07, 6.45) is 5.00. The molecule has 2 heterocycles. The second kappa shape index (κ2) is 9.67. The molecule has 36 heavy (non-hydrogen) atoms. The molecule has 0 unspecified atom stereocenters. The predicted octanol–water partition coefficient (Wildman–Crippen LogP) is 7.38. The van der Waals surface area contributed by atoms with Crippen molar-refractivity contribution in [3.63, 3.8) is 0 Å². The van der Waals surface area contributed by atoms with E-state index in [1.165, 1.54) is 11.3 Å². The summed E-state index contributed by atoms with van der Waals surface area (Å²) < 4.78 is 13.0. The number of benzene rings is 2. The third-order valence-corrected chi connectivity index (χ3v) is 8.36. The average molecular weight is 544 g/mol. The molecule has 7 nitrogen and oxygen atoms in total. The van der Waals surface area contributed by atoms with Gasteiger partial charge in [0.2, 0.25) is 0 Å². The SMILES string of the molecule is O=C(O)c1ccc2nc(N[C@@H]3CC[C@H](OCc4c(-c5c(Cl)cccc5Cl)noc4C4CC4)C3)sc2c1. The Morgan fingerprint density at radius 1 is 1.17 bits per heavy atom. The van der Waals surface area contributed by atoms with Crippen molar-refractivity contribution in [2.75, 3.05) is 5.32 Å². The summed E-state index contributed by atoms with van der Waals surface area (Å²) in [7, 11) is 0. The number of hydrogen-bond donors (Lipinski definition) is 2. The average Bonchev–Trinajstić information content (AvgIpc) is 3.26. The number of halogens is 2. The minimum atomic E-state index is -0.937. The number of carbonyl (C=O) groups is 1. The van der Waals surface area contributed by atoms with Crippen LogP contribution in [0.4, 0.5) is 5.13 Å². The van der Waals surface area contributed by atoms with Crippen LogP contribution >= 0.6 is 34.5 Å². The van der Waals surface area contributed by atoms with Gasteiger partial charge >= 0.3 is 5.97 Å². The maximum atomic E-state index is 11.2. The summed E-state index contributed by atoms with van der Waals surface area (Å²) >= 11 is 14.4. The summed E-state index contributed by atoms with van der Waals surface area (Å²) in [5.74, 6) is 0.321. The quantitative estimate of drug-likeness (QED) is 0.239. The van der Waals surface area contributed by atoms with Gasteiger partial charge < -0.3 is 19.7 Å². The van der Waals surface area contributed by atoms with Crippen LogP contribution in [0.5, 0.6) is 0 Å². The molecule has 0 radical (unpaired) electrons. The van der Waals surface area contributed by atoms with Crippen molar-refractivity contribution in [2.45, 2.75) is 56.8 Å². The summed E-state index contributed by atoms with van der Waals surface area (Å²) in [5, 5.41) is 18.9. The molecule has 2 aliphatic carbocycles. The number of aromatic nitrogens is 2. The van der Waals surface area contributed by atoms with E-state index in [4.69, 9.17) is 32.5 Å². The van der Waals surface area contributed by atoms with Crippen LogP contribution in [0, 0.1) is 0 Å². The second-order valence-corrected chi connectivity index (χ2v) is 11.2. The number of thiazole rings is 1. The number of anilines is 1. The maximum absolute atomic E-state index is 11.2. The molecule has 2 aromatic heterocycles. The Balaban J connectivity index is 1.14. The summed E-state index contributed by atoms with van der Waals surface area (Å²) in [5.41, 5.74) is 3.34. The number of fused-ring (bicyclic) bond motifs is 1. The molecule has 2 N–H and O–H groups in total. The van der Waals surface area contributed by atoms with Gasteiger partial charge in [-0.2, -0.15) is 0 Å². The van der Waals surface area contributed by atoms with Gasteiger partial charge in [0, 0.05) is 23.1 Å². The highest BCUT2D eigenvalue weighted by Crippen LogP contribution is 2.46. The fourth-order valence-electron chi connectivity index (χ4n) is 4.77. The molecule has 6 rings (SSSR count). The molecular formula is C26H23Cl2N3O4S. The monoisotopic (exact) mass is 543 g/mol. The van der Waals surface area contributed by atoms with Crippen LogP contribution in [-0.2, 0) is 11.3 Å². The van der Waals surface area contributed by atoms with Crippen molar-refractivity contribution >= 4 is 55.9 Å². The number of nitrogens with zero attached hydrogens (tertiary/aromatic N) is 2. The van der Waals surface area contributed by atoms with E-state index in [0.29, 0.717) is 33.8 Å². The van der Waals surface area contributed by atoms with Crippen LogP contribution in [-0.4, -0.2) is 33.4 Å². The van der Waals surface area contributed by atoms with Crippen LogP contribution < -0.4 is 5.32 Å². The molecule has 0 amide bonds. The second-order valence-electron chi connectivity index (χ2n) is 9.34. The van der Waals surface area contributed by atoms with Crippen molar-refractivity contribution in [1.82, 2.24) is 10.1 Å². The molecule has 2 aliphatic rings. The zero-order chi connectivity index (χ0) is 24.8. The Morgan fingerprint density at radius 2 is 1.97 bits per heavy atom. The summed E-state index contributed by atoms with van der Waals surface area (Å²) in [6.45, 7) is 0.392. The lowest BCUT2D eigenvalue weighted by Crippen LogP contribution is -2.17. The fraction of sp³-hybridized carbons (Fsp3) is 0.346. The molecule has 2 atom stereocenters. The molecule has 0 saturated heterocycles. The topological polar surface area (TPSA) is 97.5 Å². The van der Waals surface area contributed by atoms with E-state index in [-0.39, 0.29) is 17.7 Å². The van der Waals surface area contributed by atoms with Gasteiger partial charge in [-0.25, -0.2) is 9.78 Å². The number of carboxylic acid groups (broad SMARTS) is 1. The van der Waals surface area contributed by atoms with Gasteiger partial charge in [0.05, 0.1) is 38.5 Å². The highest BCUT2D eigenvalue weighted by atomic mass is 35.5. The van der Waals surface area contributed by atoms with E-state index in [2.05, 4.69) is 15.5 Å². The van der Waals surface area contributed by atoms with E-state index in [9.17, 15) is 9.90 Å². The molecule has 0 aliphatic heterocycles. The van der Waals surface area contributed by atoms with Crippen molar-refractivity contribution in [3.8, 4) is 11.3 Å². The lowest BCUT2D eigenvalue weighted by molar-refractivity contribution is 0.0446. The van der Waals surface area contributed by atoms with Crippen molar-refractivity contribution < 1.29 is 19.2 Å². The molecule has 0 spiro atoms. The molecule has 186 valence electrons. The van der Waals surface area contributed by atoms with Crippen LogP contribution in [0.1, 0.15) is 59.7 Å². The van der Waals surface area contributed by atoms with Gasteiger partial charge in [0.25, 0.3) is 0 Å². The molecule has 10 heteroatoms. The van der Waals surface area contributed by atoms with Gasteiger partial charge in [0.1, 0.15) is 11.5 Å². The van der Waals surface area contributed by atoms with Crippen LogP contribution in [0.25, 0.3) is 21.5 Å². The van der Waals surface area contributed by atoms with Crippen LogP contribution in [0.2, 0.25) is 10.0 Å². The number of rotatable bonds is 8. The third kappa shape index (κ3) is 4.70. The molecule has 0 bridgehead atoms. The fourth-order valence-corrected chi connectivity index (χ4v) is 6.32. The van der Waals surface area contributed by atoms with E-state index in [1.54, 1.807) is 30.3 Å². The minimum Gasteiger partial charge on any atom is -0.478 e. The summed E-state index contributed by atoms with van der Waals surface area (Å²) in [6, 6.07) is 10.7. The maximum Gasteiger partial charge on any atom is 0.335 e. The number of ether oxygens (including phenoxy) is 1. The largest absolute Gasteiger partial charge is 0.478 e. The standard InChI is InChI=1S/C26H23Cl2N3O4S/c27-18-2-1-3-19(28)22(18)23-17(24(35-31-23)13-4-5-13)12-34-16-8-7-15(11-16)29-26-30-20-9-6-14(25(32)33)10-21(20)36-26/h1-3,6,9-10,13,15-16H,4-5,7-8,11-12H2,(H,29,30)(H,32,33)/t15-,16+/m1/s1. The normalized spacial score (nSPS) is 19.7. The number of hydrogen-bond acceptors (Lipinski definition) is 7. The number of aromatic carboxylic acids is 1. The lowest BCUT2D eigenvalue weighted by atomic mass is 10.0. The smallest absolute Gasteiger partial charge is 0.335 e. The highest BCUT2D eigenvalue weighted by molar-refractivity contribution is 7.22. The zero-order valence-corrected chi connectivity index (χ0v) is 21.5. The number of nitrogens with one attached hydrogen (secondary N) is 1. The Kier molecular flexibility index (Phi) is 6.37. The minimum absolute atomic E-state index is 0.0898. The Labute approximate surface area is 221 Å². The lowest BCUT2D eigenvalue weighted by Gasteiger charge is -2.14. The first kappa shape index (κ1) is 23.7. The van der Waals surface area contributed by atoms with Crippen molar-refractivity contribution in [3.05, 3.63) is 63.3 Å². The summed E-state index contributed by atoms with van der Waals surface area (Å²) in [4.78, 5) is 15.9. The molecule has 2 saturated carbocycles. The van der Waals surface area contributed by atoms with E-state index in [0.717, 1.165) is 58.8 Å². The van der Waals surface area contributed by atoms with E-state index >= 15 is 0 Å². The van der Waals surface area contributed by atoms with Gasteiger partial charge in [-0.05, 0) is 62.4 Å². The van der Waals surface area contributed by atoms with Gasteiger partial charge in [-0.1, -0.05) is 45.8 Å². The third-order valence-electron chi connectivity index (χ3n) is 6.78. The van der Waals surface area contributed by atoms with E-state index in [1.807, 2.05) is 6.07 Å². The Hall–Kier alpha value is -2.65. The molecule has 2 fully saturated rings. The first-order valence-electron chi connectivity index (χ1n) is 11.9. The Bertz CT molecular complexity index is 1430. The Morgan fingerprint density at radius 3 is 2.72 bits per heavy atom. The highest BCUT2D eigenvalue weighted by Gasteiger charge is 2.34. The number of carboxylic acids is 1. The molecule has 2 aromatic carbocycles. The first-order valence-corrected chi connectivity index (χ1v) is 13.5. The van der Waals surface area contributed by atoms with Gasteiger partial charge in [0.15, 0.2) is 5.13 Å². The first-order chi connectivity index (χ1) is 17.5. The van der Waals surface area contributed by atoms with E-state index < -0.39 is 5.97 Å². The van der Waals surface area contributed by atoms with Gasteiger partial charge in [-0.3, -0.25) is 0 Å². The molecule has 4 aromatic rings. The van der Waals surface area contributed by atoms with Gasteiger partial charge in [-0.15, -0.1) is 0 Å². The molecular weight excluding hydrogens is 521 g/mol. The zero-order valence-electron chi connectivity index (χ0n) is 19.2. The van der Waals surface area contributed by atoms with Crippen LogP contribution in [0.15, 0.2) is 40.9 Å².